The summed E-state index contributed by atoms with van der Waals surface area (Å²) in [4.78, 5) is 15.0. The minimum atomic E-state index is -0.588. The third-order valence-corrected chi connectivity index (χ3v) is 11.8. The van der Waals surface area contributed by atoms with Gasteiger partial charge in [-0.05, 0) is 76.1 Å². The molecule has 0 fully saturated rings. The number of rotatable bonds is 9. The van der Waals surface area contributed by atoms with E-state index in [4.69, 9.17) is 9.97 Å². The van der Waals surface area contributed by atoms with E-state index in [0.29, 0.717) is 11.8 Å². The molecule has 5 heteroatoms. The zero-order valence-electron chi connectivity index (χ0n) is 38.5. The van der Waals surface area contributed by atoms with Gasteiger partial charge >= 0.3 is 20.1 Å². The molecule has 0 radical (unpaired) electrons. The molecule has 0 bridgehead atoms. The number of para-hydroxylation sites is 1. The predicted molar refractivity (Wildman–Crippen MR) is 250 cm³/mol. The summed E-state index contributed by atoms with van der Waals surface area (Å²) in [5.41, 5.74) is 11.7. The number of nitrogens with zero attached hydrogens (tertiary/aromatic N) is 4. The number of pyridine rings is 2. The van der Waals surface area contributed by atoms with E-state index in [1.807, 2.05) is 54.9 Å². The molecule has 1 atom stereocenters. The Morgan fingerprint density at radius 2 is 1.07 bits per heavy atom. The fourth-order valence-electron chi connectivity index (χ4n) is 7.75. The summed E-state index contributed by atoms with van der Waals surface area (Å²) in [6.45, 7) is 29.2. The van der Waals surface area contributed by atoms with Crippen molar-refractivity contribution in [1.29, 1.82) is 0 Å². The average molecular weight is 984 g/mol. The van der Waals surface area contributed by atoms with Gasteiger partial charge in [0.2, 0.25) is 0 Å². The van der Waals surface area contributed by atoms with Crippen molar-refractivity contribution in [2.75, 3.05) is 0 Å². The van der Waals surface area contributed by atoms with Crippen molar-refractivity contribution < 1.29 is 20.1 Å². The Morgan fingerprint density at radius 1 is 0.525 bits per heavy atom. The largest absolute Gasteiger partial charge is 3.00 e. The Balaban J connectivity index is 0.000000252. The maximum Gasteiger partial charge on any atom is 3.00 e. The summed E-state index contributed by atoms with van der Waals surface area (Å²) in [6, 6.07) is 50.3. The predicted octanol–water partition coefficient (Wildman–Crippen LogP) is 13.9. The van der Waals surface area contributed by atoms with Gasteiger partial charge in [0.25, 0.3) is 0 Å². The Hall–Kier alpha value is -4.96. The van der Waals surface area contributed by atoms with Gasteiger partial charge in [-0.2, -0.15) is 66.2 Å². The first-order chi connectivity index (χ1) is 28.3. The van der Waals surface area contributed by atoms with Crippen LogP contribution in [0.2, 0.25) is 0 Å². The van der Waals surface area contributed by atoms with Crippen molar-refractivity contribution in [2.45, 2.75) is 124 Å². The van der Waals surface area contributed by atoms with Crippen molar-refractivity contribution in [2.24, 2.45) is 0 Å². The third kappa shape index (κ3) is 10.2. The van der Waals surface area contributed by atoms with Crippen LogP contribution in [0.15, 0.2) is 134 Å². The molecule has 0 N–H and O–H groups in total. The van der Waals surface area contributed by atoms with Crippen LogP contribution in [0.1, 0.15) is 152 Å². The Bertz CT molecular complexity index is 2460. The van der Waals surface area contributed by atoms with E-state index in [1.165, 1.54) is 27.9 Å². The van der Waals surface area contributed by atoms with Gasteiger partial charge in [-0.15, -0.1) is 41.5 Å². The van der Waals surface area contributed by atoms with Gasteiger partial charge in [-0.3, -0.25) is 15.0 Å². The molecule has 7 aromatic rings. The van der Waals surface area contributed by atoms with Crippen molar-refractivity contribution in [3.8, 4) is 17.1 Å². The second kappa shape index (κ2) is 19.0. The molecule has 316 valence electrons. The standard InChI is InChI=1S/C35H40N2.C21H23N2.Ir/c1-32(2,3)27-20-21-36-30(22-27)35(9,26-18-14-11-15-19-26)31-24-28(33(4,5)6)23-29(37-31)34(7,8)25-16-12-10-13-17-25;1-15(2)18-11-8-12-19(16(3)4)20(18)23-14-13-22-21(23)17-9-6-5-7-10-17;/h10-16,18,20-24H,1-9H3;5-9,11-16H,1-4H3;/q-2;-1;+3. The van der Waals surface area contributed by atoms with Crippen molar-refractivity contribution in [1.82, 2.24) is 19.5 Å². The van der Waals surface area contributed by atoms with Gasteiger partial charge in [0.05, 0.1) is 22.6 Å². The van der Waals surface area contributed by atoms with Gasteiger partial charge in [0.15, 0.2) is 0 Å². The molecule has 0 amide bonds. The smallest absolute Gasteiger partial charge is 0.340 e. The van der Waals surface area contributed by atoms with Gasteiger partial charge in [-0.1, -0.05) is 101 Å². The molecule has 61 heavy (non-hydrogen) atoms. The first-order valence-corrected chi connectivity index (χ1v) is 21.4. The molecule has 7 rings (SSSR count). The van der Waals surface area contributed by atoms with Gasteiger partial charge in [-0.25, -0.2) is 0 Å². The number of benzene rings is 4. The van der Waals surface area contributed by atoms with Crippen LogP contribution in [0.5, 0.6) is 0 Å². The fourth-order valence-corrected chi connectivity index (χ4v) is 7.75. The topological polar surface area (TPSA) is 43.6 Å². The van der Waals surface area contributed by atoms with E-state index < -0.39 is 5.41 Å². The molecule has 0 aliphatic heterocycles. The molecular weight excluding hydrogens is 921 g/mol. The van der Waals surface area contributed by atoms with E-state index in [0.717, 1.165) is 39.6 Å². The van der Waals surface area contributed by atoms with E-state index >= 15 is 0 Å². The van der Waals surface area contributed by atoms with Gasteiger partial charge in [0.1, 0.15) is 0 Å². The van der Waals surface area contributed by atoms with Crippen molar-refractivity contribution >= 4 is 0 Å². The summed E-state index contributed by atoms with van der Waals surface area (Å²) in [5, 5.41) is 0. The quantitative estimate of drug-likeness (QED) is 0.135. The molecule has 3 aromatic heterocycles. The van der Waals surface area contributed by atoms with Crippen LogP contribution in [-0.2, 0) is 41.8 Å². The number of aromatic nitrogens is 4. The summed E-state index contributed by atoms with van der Waals surface area (Å²) in [6.07, 6.45) is 5.87. The second-order valence-electron chi connectivity index (χ2n) is 19.4. The fraction of sp³-hybridized carbons (Fsp3) is 0.339. The summed E-state index contributed by atoms with van der Waals surface area (Å²) in [5.74, 6) is 1.86. The summed E-state index contributed by atoms with van der Waals surface area (Å²) >= 11 is 0. The number of hydrogen-bond donors (Lipinski definition) is 0. The van der Waals surface area contributed by atoms with Gasteiger partial charge < -0.3 is 4.57 Å². The van der Waals surface area contributed by atoms with Crippen LogP contribution in [0.4, 0.5) is 0 Å². The molecule has 0 saturated carbocycles. The molecule has 0 aliphatic carbocycles. The molecule has 4 nitrogen and oxygen atoms in total. The third-order valence-electron chi connectivity index (χ3n) is 11.8. The molecule has 4 aromatic carbocycles. The van der Waals surface area contributed by atoms with Crippen LogP contribution < -0.4 is 0 Å². The maximum absolute atomic E-state index is 5.43. The first-order valence-electron chi connectivity index (χ1n) is 21.4. The minimum absolute atomic E-state index is 0. The van der Waals surface area contributed by atoms with Crippen LogP contribution in [0, 0.1) is 18.2 Å². The summed E-state index contributed by atoms with van der Waals surface area (Å²) < 4.78 is 2.22. The Kier molecular flexibility index (Phi) is 14.6. The van der Waals surface area contributed by atoms with Crippen molar-refractivity contribution in [3.63, 3.8) is 0 Å². The van der Waals surface area contributed by atoms with Gasteiger partial charge in [0, 0.05) is 35.4 Å². The SMILES string of the molecule is CC(C)(C)c1ccnc(C(C)(c2[c-]cccc2)c2cc(C(C)(C)C)cc(C(C)(C)c3[c-]cccc3)n2)c1.CC(C)c1cccc(C(C)C)c1-n1ccnc1-c1[c-]cccc1.[Ir+3]. The molecule has 1 unspecified atom stereocenters. The molecular formula is C56H63IrN4. The number of hydrogen-bond acceptors (Lipinski definition) is 3. The maximum atomic E-state index is 5.43. The monoisotopic (exact) mass is 984 g/mol. The second-order valence-corrected chi connectivity index (χ2v) is 19.4. The zero-order valence-corrected chi connectivity index (χ0v) is 40.9. The minimum Gasteiger partial charge on any atom is -0.340 e. The van der Waals surface area contributed by atoms with E-state index in [-0.39, 0.29) is 36.4 Å². The van der Waals surface area contributed by atoms with E-state index in [1.54, 1.807) is 0 Å². The Morgan fingerprint density at radius 3 is 1.59 bits per heavy atom. The molecule has 0 saturated heterocycles. The molecule has 0 aliphatic rings. The van der Waals surface area contributed by atoms with E-state index in [2.05, 4.69) is 197 Å². The van der Waals surface area contributed by atoms with E-state index in [9.17, 15) is 0 Å². The van der Waals surface area contributed by atoms with Crippen LogP contribution in [0.25, 0.3) is 17.1 Å². The average Bonchev–Trinajstić information content (AvgIpc) is 3.73. The van der Waals surface area contributed by atoms with Crippen LogP contribution in [-0.4, -0.2) is 19.5 Å². The summed E-state index contributed by atoms with van der Waals surface area (Å²) in [7, 11) is 0. The van der Waals surface area contributed by atoms with Crippen LogP contribution in [0.3, 0.4) is 0 Å². The first kappa shape index (κ1) is 47.1. The zero-order chi connectivity index (χ0) is 43.5. The normalized spacial score (nSPS) is 13.0. The number of imidazole rings is 1. The van der Waals surface area contributed by atoms with Crippen molar-refractivity contribution in [3.05, 3.63) is 203 Å². The molecule has 0 spiro atoms. The Labute approximate surface area is 380 Å². The molecule has 3 heterocycles. The van der Waals surface area contributed by atoms with Crippen LogP contribution >= 0.6 is 0 Å².